The van der Waals surface area contributed by atoms with Crippen molar-refractivity contribution in [2.75, 3.05) is 23.3 Å². The van der Waals surface area contributed by atoms with E-state index in [1.807, 2.05) is 18.2 Å². The summed E-state index contributed by atoms with van der Waals surface area (Å²) in [6.07, 6.45) is 3.38. The number of hydrogen-bond donors (Lipinski definition) is 3. The number of halogens is 1. The standard InChI is InChI=1S/C19H20FN5O/c20-14-2-1-3-17(10-14)25(16-6-8-21-9-7-16)19(26)23-15-5-4-13-12-22-24-18(13)11-15/h1-5,10-12,16,21H,6-9H2,(H,22,24)(H,23,26). The molecule has 3 N–H and O–H groups in total. The van der Waals surface area contributed by atoms with Gasteiger partial charge in [0.05, 0.1) is 11.7 Å². The van der Waals surface area contributed by atoms with Gasteiger partial charge in [0.15, 0.2) is 0 Å². The Morgan fingerprint density at radius 3 is 2.85 bits per heavy atom. The molecular weight excluding hydrogens is 333 g/mol. The van der Waals surface area contributed by atoms with Gasteiger partial charge >= 0.3 is 6.03 Å². The van der Waals surface area contributed by atoms with Crippen LogP contribution in [-0.4, -0.2) is 35.4 Å². The number of H-pyrrole nitrogens is 1. The highest BCUT2D eigenvalue weighted by Gasteiger charge is 2.27. The lowest BCUT2D eigenvalue weighted by Crippen LogP contribution is -2.48. The molecule has 2 aromatic carbocycles. The topological polar surface area (TPSA) is 73.0 Å². The minimum Gasteiger partial charge on any atom is -0.317 e. The molecular formula is C19H20FN5O. The highest BCUT2D eigenvalue weighted by molar-refractivity contribution is 6.03. The second kappa shape index (κ2) is 7.13. The van der Waals surface area contributed by atoms with Gasteiger partial charge in [-0.3, -0.25) is 10.00 Å². The number of anilines is 2. The molecule has 1 saturated heterocycles. The SMILES string of the molecule is O=C(Nc1ccc2cn[nH]c2c1)N(c1cccc(F)c1)C1CCNCC1. The Bertz CT molecular complexity index is 919. The second-order valence-corrected chi connectivity index (χ2v) is 6.43. The molecule has 0 radical (unpaired) electrons. The minimum atomic E-state index is -0.354. The number of hydrogen-bond acceptors (Lipinski definition) is 3. The maximum absolute atomic E-state index is 13.7. The van der Waals surface area contributed by atoms with Crippen molar-refractivity contribution in [1.82, 2.24) is 15.5 Å². The lowest BCUT2D eigenvalue weighted by atomic mass is 10.0. The third-order valence-corrected chi connectivity index (χ3v) is 4.67. The number of carbonyl (C=O) groups excluding carboxylic acids is 1. The molecule has 2 amide bonds. The highest BCUT2D eigenvalue weighted by Crippen LogP contribution is 2.25. The molecule has 0 atom stereocenters. The van der Waals surface area contributed by atoms with E-state index in [1.165, 1.54) is 12.1 Å². The molecule has 2 heterocycles. The quantitative estimate of drug-likeness (QED) is 0.675. The van der Waals surface area contributed by atoms with Crippen LogP contribution >= 0.6 is 0 Å². The van der Waals surface area contributed by atoms with E-state index in [-0.39, 0.29) is 17.9 Å². The number of piperidine rings is 1. The molecule has 6 nitrogen and oxygen atoms in total. The molecule has 1 aromatic heterocycles. The van der Waals surface area contributed by atoms with Gasteiger partial charge in [-0.1, -0.05) is 6.07 Å². The van der Waals surface area contributed by atoms with Crippen LogP contribution in [0.2, 0.25) is 0 Å². The number of carbonyl (C=O) groups is 1. The molecule has 0 unspecified atom stereocenters. The Kier molecular flexibility index (Phi) is 4.53. The molecule has 1 fully saturated rings. The molecule has 1 aliphatic rings. The summed E-state index contributed by atoms with van der Waals surface area (Å²) in [7, 11) is 0. The first kappa shape index (κ1) is 16.5. The summed E-state index contributed by atoms with van der Waals surface area (Å²) < 4.78 is 13.7. The average molecular weight is 353 g/mol. The first-order valence-corrected chi connectivity index (χ1v) is 8.70. The number of aromatic amines is 1. The van der Waals surface area contributed by atoms with Gasteiger partial charge in [-0.2, -0.15) is 5.10 Å². The van der Waals surface area contributed by atoms with Gasteiger partial charge in [0.1, 0.15) is 5.82 Å². The van der Waals surface area contributed by atoms with Gasteiger partial charge in [0, 0.05) is 22.8 Å². The average Bonchev–Trinajstić information content (AvgIpc) is 3.11. The number of aromatic nitrogens is 2. The van der Waals surface area contributed by atoms with Crippen LogP contribution in [0.3, 0.4) is 0 Å². The van der Waals surface area contributed by atoms with Crippen molar-refractivity contribution < 1.29 is 9.18 Å². The summed E-state index contributed by atoms with van der Waals surface area (Å²) in [6, 6.07) is 11.5. The summed E-state index contributed by atoms with van der Waals surface area (Å²) in [6.45, 7) is 1.67. The van der Waals surface area contributed by atoms with Crippen LogP contribution in [0.4, 0.5) is 20.6 Å². The van der Waals surface area contributed by atoms with Crippen molar-refractivity contribution in [2.45, 2.75) is 18.9 Å². The van der Waals surface area contributed by atoms with Crippen molar-refractivity contribution in [3.8, 4) is 0 Å². The number of urea groups is 1. The minimum absolute atomic E-state index is 0.0222. The van der Waals surface area contributed by atoms with Crippen molar-refractivity contribution in [3.63, 3.8) is 0 Å². The van der Waals surface area contributed by atoms with Crippen molar-refractivity contribution in [2.24, 2.45) is 0 Å². The molecule has 0 bridgehead atoms. The third kappa shape index (κ3) is 3.39. The largest absolute Gasteiger partial charge is 0.326 e. The van der Waals surface area contributed by atoms with Crippen molar-refractivity contribution in [1.29, 1.82) is 0 Å². The van der Waals surface area contributed by atoms with E-state index in [4.69, 9.17) is 0 Å². The Morgan fingerprint density at radius 1 is 1.19 bits per heavy atom. The summed E-state index contributed by atoms with van der Waals surface area (Å²) in [5.41, 5.74) is 2.08. The third-order valence-electron chi connectivity index (χ3n) is 4.67. The maximum atomic E-state index is 13.7. The fourth-order valence-electron chi connectivity index (χ4n) is 3.38. The number of nitrogens with one attached hydrogen (secondary N) is 3. The predicted molar refractivity (Wildman–Crippen MR) is 99.9 cm³/mol. The van der Waals surface area contributed by atoms with E-state index in [1.54, 1.807) is 23.2 Å². The molecule has 0 spiro atoms. The zero-order chi connectivity index (χ0) is 17.9. The first-order chi connectivity index (χ1) is 12.7. The van der Waals surface area contributed by atoms with Crippen LogP contribution in [0.25, 0.3) is 10.9 Å². The van der Waals surface area contributed by atoms with E-state index < -0.39 is 0 Å². The molecule has 7 heteroatoms. The first-order valence-electron chi connectivity index (χ1n) is 8.70. The van der Waals surface area contributed by atoms with Crippen LogP contribution in [0.5, 0.6) is 0 Å². The fraction of sp³-hybridized carbons (Fsp3) is 0.263. The zero-order valence-corrected chi connectivity index (χ0v) is 14.2. The predicted octanol–water partition coefficient (Wildman–Crippen LogP) is 3.49. The summed E-state index contributed by atoms with van der Waals surface area (Å²) in [4.78, 5) is 14.7. The van der Waals surface area contributed by atoms with Gasteiger partial charge in [-0.25, -0.2) is 9.18 Å². The fourth-order valence-corrected chi connectivity index (χ4v) is 3.38. The van der Waals surface area contributed by atoms with Gasteiger partial charge in [-0.05, 0) is 62.3 Å². The second-order valence-electron chi connectivity index (χ2n) is 6.43. The van der Waals surface area contributed by atoms with Crippen LogP contribution in [0.15, 0.2) is 48.7 Å². The number of nitrogens with zero attached hydrogens (tertiary/aromatic N) is 2. The Balaban J connectivity index is 1.62. The molecule has 1 aliphatic heterocycles. The van der Waals surface area contributed by atoms with Gasteiger partial charge in [0.2, 0.25) is 0 Å². The van der Waals surface area contributed by atoms with Crippen LogP contribution in [-0.2, 0) is 0 Å². The monoisotopic (exact) mass is 353 g/mol. The highest BCUT2D eigenvalue weighted by atomic mass is 19.1. The molecule has 4 rings (SSSR count). The molecule has 26 heavy (non-hydrogen) atoms. The van der Waals surface area contributed by atoms with Gasteiger partial charge in [-0.15, -0.1) is 0 Å². The zero-order valence-electron chi connectivity index (χ0n) is 14.2. The smallest absolute Gasteiger partial charge is 0.317 e. The number of rotatable bonds is 3. The normalized spacial score (nSPS) is 15.1. The van der Waals surface area contributed by atoms with Crippen molar-refractivity contribution >= 4 is 28.3 Å². The lowest BCUT2D eigenvalue weighted by molar-refractivity contribution is 0.252. The van der Waals surface area contributed by atoms with E-state index in [9.17, 15) is 9.18 Å². The lowest BCUT2D eigenvalue weighted by Gasteiger charge is -2.34. The number of amides is 2. The summed E-state index contributed by atoms with van der Waals surface area (Å²) in [5, 5.41) is 14.1. The Hall–Kier alpha value is -2.93. The Morgan fingerprint density at radius 2 is 2.04 bits per heavy atom. The van der Waals surface area contributed by atoms with E-state index in [0.717, 1.165) is 36.8 Å². The van der Waals surface area contributed by atoms with Gasteiger partial charge in [0.25, 0.3) is 0 Å². The number of fused-ring (bicyclic) bond motifs is 1. The molecule has 134 valence electrons. The summed E-state index contributed by atoms with van der Waals surface area (Å²) >= 11 is 0. The van der Waals surface area contributed by atoms with Gasteiger partial charge < -0.3 is 10.6 Å². The van der Waals surface area contributed by atoms with E-state index in [0.29, 0.717) is 11.4 Å². The maximum Gasteiger partial charge on any atom is 0.326 e. The Labute approximate surface area is 150 Å². The molecule has 3 aromatic rings. The van der Waals surface area contributed by atoms with E-state index >= 15 is 0 Å². The summed E-state index contributed by atoms with van der Waals surface area (Å²) in [5.74, 6) is -0.354. The van der Waals surface area contributed by atoms with E-state index in [2.05, 4.69) is 20.8 Å². The van der Waals surface area contributed by atoms with Crippen LogP contribution < -0.4 is 15.5 Å². The number of benzene rings is 2. The van der Waals surface area contributed by atoms with Crippen molar-refractivity contribution in [3.05, 3.63) is 54.5 Å². The van der Waals surface area contributed by atoms with Crippen LogP contribution in [0.1, 0.15) is 12.8 Å². The van der Waals surface area contributed by atoms with Crippen LogP contribution in [0, 0.1) is 5.82 Å². The molecule has 0 saturated carbocycles. The molecule has 0 aliphatic carbocycles.